The molecular formula is C28H30IO7S-. The third-order valence-corrected chi connectivity index (χ3v) is 10.1. The number of carbonyl (C=O) groups excluding carboxylic acids is 2. The van der Waals surface area contributed by atoms with E-state index in [1.54, 1.807) is 26.8 Å². The topological polar surface area (TPSA) is 110 Å². The maximum atomic E-state index is 13.8. The number of rotatable bonds is 6. The van der Waals surface area contributed by atoms with Gasteiger partial charge in [0.05, 0.1) is 15.9 Å². The summed E-state index contributed by atoms with van der Waals surface area (Å²) < 4.78 is 48.5. The van der Waals surface area contributed by atoms with Crippen LogP contribution in [-0.4, -0.2) is 30.5 Å². The van der Waals surface area contributed by atoms with Gasteiger partial charge in [0.1, 0.15) is 21.5 Å². The van der Waals surface area contributed by atoms with E-state index in [-0.39, 0.29) is 40.3 Å². The van der Waals surface area contributed by atoms with Crippen LogP contribution in [0.4, 0.5) is 0 Å². The molecule has 0 heterocycles. The maximum Gasteiger partial charge on any atom is 0.339 e. The second-order valence-electron chi connectivity index (χ2n) is 11.4. The van der Waals surface area contributed by atoms with Crippen molar-refractivity contribution in [3.8, 4) is 5.75 Å². The SMILES string of the molecule is Cc1cc(S(=O)(=O)[O-])c(C(C)C)cc1OC(=O)C12CC3CC(CC(OC(=O)c4ccccc4I)(C3)C1)C2. The van der Waals surface area contributed by atoms with Gasteiger partial charge in [-0.3, -0.25) is 4.79 Å². The summed E-state index contributed by atoms with van der Waals surface area (Å²) in [5.41, 5.74) is -0.186. The lowest BCUT2D eigenvalue weighted by Crippen LogP contribution is -2.60. The number of ether oxygens (including phenoxy) is 2. The van der Waals surface area contributed by atoms with Crippen molar-refractivity contribution in [1.29, 1.82) is 0 Å². The van der Waals surface area contributed by atoms with Crippen molar-refractivity contribution in [3.63, 3.8) is 0 Å². The number of esters is 2. The molecule has 37 heavy (non-hydrogen) atoms. The largest absolute Gasteiger partial charge is 0.744 e. The van der Waals surface area contributed by atoms with E-state index < -0.39 is 21.1 Å². The van der Waals surface area contributed by atoms with Crippen LogP contribution < -0.4 is 4.74 Å². The average molecular weight is 638 g/mol. The molecule has 4 bridgehead atoms. The minimum Gasteiger partial charge on any atom is -0.744 e. The average Bonchev–Trinajstić information content (AvgIpc) is 2.78. The van der Waals surface area contributed by atoms with Crippen LogP contribution in [0.1, 0.15) is 79.8 Å². The van der Waals surface area contributed by atoms with Gasteiger partial charge in [0.25, 0.3) is 0 Å². The van der Waals surface area contributed by atoms with Gasteiger partial charge in [-0.25, -0.2) is 13.2 Å². The third-order valence-electron chi connectivity index (χ3n) is 8.24. The third kappa shape index (κ3) is 4.94. The van der Waals surface area contributed by atoms with E-state index in [4.69, 9.17) is 9.47 Å². The molecule has 9 heteroatoms. The first-order chi connectivity index (χ1) is 17.3. The zero-order valence-electron chi connectivity index (χ0n) is 21.1. The number of hydrogen-bond donors (Lipinski definition) is 0. The molecule has 0 aromatic heterocycles. The summed E-state index contributed by atoms with van der Waals surface area (Å²) in [6.45, 7) is 5.21. The summed E-state index contributed by atoms with van der Waals surface area (Å²) in [6, 6.07) is 10.1. The van der Waals surface area contributed by atoms with Gasteiger partial charge < -0.3 is 14.0 Å². The monoisotopic (exact) mass is 637 g/mol. The molecule has 0 radical (unpaired) electrons. The van der Waals surface area contributed by atoms with Gasteiger partial charge in [0.15, 0.2) is 0 Å². The van der Waals surface area contributed by atoms with Crippen molar-refractivity contribution in [1.82, 2.24) is 0 Å². The first-order valence-corrected chi connectivity index (χ1v) is 15.1. The highest BCUT2D eigenvalue weighted by Gasteiger charge is 2.63. The van der Waals surface area contributed by atoms with E-state index in [1.165, 1.54) is 12.1 Å². The van der Waals surface area contributed by atoms with Crippen LogP contribution in [0.25, 0.3) is 0 Å². The van der Waals surface area contributed by atoms with Gasteiger partial charge in [-0.15, -0.1) is 0 Å². The van der Waals surface area contributed by atoms with Gasteiger partial charge >= 0.3 is 11.9 Å². The highest BCUT2D eigenvalue weighted by atomic mass is 127. The number of carbonyl (C=O) groups is 2. The van der Waals surface area contributed by atoms with Crippen LogP contribution in [0, 0.1) is 27.7 Å². The molecule has 0 saturated heterocycles. The summed E-state index contributed by atoms with van der Waals surface area (Å²) in [5, 5.41) is 0. The highest BCUT2D eigenvalue weighted by molar-refractivity contribution is 14.1. The molecule has 2 aromatic rings. The Bertz CT molecular complexity index is 1370. The molecule has 2 aromatic carbocycles. The minimum atomic E-state index is -4.67. The fourth-order valence-corrected chi connectivity index (χ4v) is 8.59. The lowest BCUT2D eigenvalue weighted by Gasteiger charge is -2.59. The van der Waals surface area contributed by atoms with E-state index >= 15 is 0 Å². The van der Waals surface area contributed by atoms with Crippen molar-refractivity contribution >= 4 is 44.6 Å². The Kier molecular flexibility index (Phi) is 6.72. The predicted molar refractivity (Wildman–Crippen MR) is 143 cm³/mol. The zero-order chi connectivity index (χ0) is 26.8. The molecule has 4 fully saturated rings. The van der Waals surface area contributed by atoms with E-state index in [0.29, 0.717) is 36.0 Å². The van der Waals surface area contributed by atoms with Gasteiger partial charge in [-0.05, 0) is 115 Å². The second kappa shape index (κ2) is 9.34. The molecule has 4 aliphatic carbocycles. The van der Waals surface area contributed by atoms with E-state index in [2.05, 4.69) is 22.6 Å². The normalized spacial score (nSPS) is 28.4. The van der Waals surface area contributed by atoms with Gasteiger partial charge in [0.2, 0.25) is 0 Å². The van der Waals surface area contributed by atoms with Crippen molar-refractivity contribution in [2.45, 2.75) is 75.7 Å². The van der Waals surface area contributed by atoms with Crippen LogP contribution in [0.5, 0.6) is 5.75 Å². The highest BCUT2D eigenvalue weighted by Crippen LogP contribution is 2.63. The Morgan fingerprint density at radius 2 is 1.73 bits per heavy atom. The Morgan fingerprint density at radius 1 is 1.08 bits per heavy atom. The van der Waals surface area contributed by atoms with Crippen LogP contribution in [0.3, 0.4) is 0 Å². The molecule has 0 spiro atoms. The molecule has 0 amide bonds. The fourth-order valence-electron chi connectivity index (χ4n) is 7.08. The molecule has 4 aliphatic rings. The molecule has 4 saturated carbocycles. The zero-order valence-corrected chi connectivity index (χ0v) is 24.1. The van der Waals surface area contributed by atoms with Crippen LogP contribution >= 0.6 is 22.6 Å². The Balaban J connectivity index is 1.43. The number of halogens is 1. The molecule has 2 unspecified atom stereocenters. The molecule has 198 valence electrons. The van der Waals surface area contributed by atoms with E-state index in [9.17, 15) is 22.6 Å². The number of aryl methyl sites for hydroxylation is 1. The van der Waals surface area contributed by atoms with E-state index in [1.807, 2.05) is 18.2 Å². The summed E-state index contributed by atoms with van der Waals surface area (Å²) in [5.74, 6) is -0.163. The standard InChI is InChI=1S/C28H31IO7S/c1-16(2)21-10-23(17(3)8-24(21)37(32,33)34)35-26(31)27-11-18-9-19(12-27)14-28(13-18,15-27)36-25(30)20-6-4-5-7-22(20)29/h4-8,10,16,18-19H,9,11-15H2,1-3H3,(H,32,33,34)/p-1. The lowest BCUT2D eigenvalue weighted by molar-refractivity contribution is -0.189. The summed E-state index contributed by atoms with van der Waals surface area (Å²) in [6.07, 6.45) is 4.32. The Labute approximate surface area is 231 Å². The van der Waals surface area contributed by atoms with Crippen molar-refractivity contribution in [2.75, 3.05) is 0 Å². The molecule has 0 N–H and O–H groups in total. The van der Waals surface area contributed by atoms with E-state index in [0.717, 1.165) is 22.8 Å². The first-order valence-electron chi connectivity index (χ1n) is 12.6. The summed E-state index contributed by atoms with van der Waals surface area (Å²) >= 11 is 2.13. The molecule has 2 atom stereocenters. The number of hydrogen-bond acceptors (Lipinski definition) is 7. The van der Waals surface area contributed by atoms with Crippen molar-refractivity contribution < 1.29 is 32.0 Å². The maximum absolute atomic E-state index is 13.8. The second-order valence-corrected chi connectivity index (χ2v) is 14.0. The first kappa shape index (κ1) is 26.6. The number of benzene rings is 2. The summed E-state index contributed by atoms with van der Waals surface area (Å²) in [4.78, 5) is 26.7. The molecular weight excluding hydrogens is 607 g/mol. The molecule has 7 nitrogen and oxygen atoms in total. The Hall–Kier alpha value is -1.98. The van der Waals surface area contributed by atoms with Crippen molar-refractivity contribution in [3.05, 3.63) is 56.7 Å². The van der Waals surface area contributed by atoms with Gasteiger partial charge in [0, 0.05) is 9.99 Å². The van der Waals surface area contributed by atoms with Gasteiger partial charge in [-0.1, -0.05) is 26.0 Å². The smallest absolute Gasteiger partial charge is 0.339 e. The van der Waals surface area contributed by atoms with Gasteiger partial charge in [-0.2, -0.15) is 0 Å². The van der Waals surface area contributed by atoms with Crippen LogP contribution in [-0.2, 0) is 19.6 Å². The predicted octanol–water partition coefficient (Wildman–Crippen LogP) is 5.73. The lowest BCUT2D eigenvalue weighted by atomic mass is 9.48. The Morgan fingerprint density at radius 3 is 2.32 bits per heavy atom. The summed E-state index contributed by atoms with van der Waals surface area (Å²) in [7, 11) is -4.67. The molecule has 6 rings (SSSR count). The quantitative estimate of drug-likeness (QED) is 0.172. The van der Waals surface area contributed by atoms with Crippen molar-refractivity contribution in [2.24, 2.45) is 17.3 Å². The fraction of sp³-hybridized carbons (Fsp3) is 0.500. The van der Waals surface area contributed by atoms with Crippen LogP contribution in [0.15, 0.2) is 41.3 Å². The molecule has 0 aliphatic heterocycles. The van der Waals surface area contributed by atoms with Crippen LogP contribution in [0.2, 0.25) is 0 Å². The minimum absolute atomic E-state index is 0.250.